The molecule has 0 aromatic heterocycles. The van der Waals surface area contributed by atoms with Crippen LogP contribution in [0.1, 0.15) is 28.9 Å². The molecule has 0 spiro atoms. The van der Waals surface area contributed by atoms with Crippen LogP contribution in [0.3, 0.4) is 0 Å². The minimum Gasteiger partial charge on any atom is -0.406 e. The van der Waals surface area contributed by atoms with Crippen LogP contribution in [0.5, 0.6) is 5.75 Å². The molecule has 1 N–H and O–H groups in total. The van der Waals surface area contributed by atoms with Gasteiger partial charge in [-0.25, -0.2) is 8.78 Å². The SMILES string of the molecule is CC(NC(=O)c1ccc(OC(F)(F)F)cc1)c1ccc(F)cc1F. The van der Waals surface area contributed by atoms with Gasteiger partial charge in [-0.2, -0.15) is 0 Å². The van der Waals surface area contributed by atoms with Crippen molar-refractivity contribution in [1.29, 1.82) is 0 Å². The summed E-state index contributed by atoms with van der Waals surface area (Å²) < 4.78 is 66.4. The topological polar surface area (TPSA) is 38.3 Å². The zero-order valence-corrected chi connectivity index (χ0v) is 12.3. The monoisotopic (exact) mass is 345 g/mol. The highest BCUT2D eigenvalue weighted by Crippen LogP contribution is 2.23. The first-order chi connectivity index (χ1) is 11.2. The van der Waals surface area contributed by atoms with E-state index >= 15 is 0 Å². The van der Waals surface area contributed by atoms with Gasteiger partial charge in [0, 0.05) is 17.2 Å². The van der Waals surface area contributed by atoms with E-state index in [9.17, 15) is 26.7 Å². The summed E-state index contributed by atoms with van der Waals surface area (Å²) in [4.78, 5) is 12.0. The van der Waals surface area contributed by atoms with Crippen LogP contribution in [0.2, 0.25) is 0 Å². The largest absolute Gasteiger partial charge is 0.573 e. The van der Waals surface area contributed by atoms with Crippen molar-refractivity contribution in [2.45, 2.75) is 19.3 Å². The molecule has 2 rings (SSSR count). The molecule has 0 saturated carbocycles. The average molecular weight is 345 g/mol. The van der Waals surface area contributed by atoms with Gasteiger partial charge in [-0.15, -0.1) is 13.2 Å². The summed E-state index contributed by atoms with van der Waals surface area (Å²) in [6.45, 7) is 1.50. The summed E-state index contributed by atoms with van der Waals surface area (Å²) in [7, 11) is 0. The number of ether oxygens (including phenoxy) is 1. The lowest BCUT2D eigenvalue weighted by Crippen LogP contribution is -2.27. The van der Waals surface area contributed by atoms with E-state index in [2.05, 4.69) is 10.1 Å². The minimum absolute atomic E-state index is 0.0684. The van der Waals surface area contributed by atoms with Crippen LogP contribution in [-0.2, 0) is 0 Å². The molecule has 24 heavy (non-hydrogen) atoms. The van der Waals surface area contributed by atoms with Crippen molar-refractivity contribution in [3.05, 3.63) is 65.2 Å². The van der Waals surface area contributed by atoms with Crippen molar-refractivity contribution in [1.82, 2.24) is 5.32 Å². The van der Waals surface area contributed by atoms with Gasteiger partial charge < -0.3 is 10.1 Å². The quantitative estimate of drug-likeness (QED) is 0.837. The van der Waals surface area contributed by atoms with Crippen molar-refractivity contribution in [3.63, 3.8) is 0 Å². The van der Waals surface area contributed by atoms with Gasteiger partial charge in [-0.05, 0) is 37.3 Å². The maximum Gasteiger partial charge on any atom is 0.573 e. The molecule has 1 atom stereocenters. The number of halogens is 5. The second-order valence-corrected chi connectivity index (χ2v) is 4.93. The van der Waals surface area contributed by atoms with Gasteiger partial charge in [0.25, 0.3) is 5.91 Å². The van der Waals surface area contributed by atoms with Crippen molar-refractivity contribution in [3.8, 4) is 5.75 Å². The lowest BCUT2D eigenvalue weighted by atomic mass is 10.1. The normalized spacial score (nSPS) is 12.6. The molecule has 1 unspecified atom stereocenters. The Kier molecular flexibility index (Phi) is 5.06. The third-order valence-electron chi connectivity index (χ3n) is 3.13. The smallest absolute Gasteiger partial charge is 0.406 e. The fraction of sp³-hybridized carbons (Fsp3) is 0.188. The molecule has 1 amide bonds. The van der Waals surface area contributed by atoms with Crippen LogP contribution >= 0.6 is 0 Å². The fourth-order valence-electron chi connectivity index (χ4n) is 2.02. The van der Waals surface area contributed by atoms with Gasteiger partial charge >= 0.3 is 6.36 Å². The molecule has 3 nitrogen and oxygen atoms in total. The number of amides is 1. The molecule has 0 aliphatic carbocycles. The predicted octanol–water partition coefficient (Wildman–Crippen LogP) is 4.35. The maximum absolute atomic E-state index is 13.6. The molecular formula is C16H12F5NO2. The Balaban J connectivity index is 2.06. The lowest BCUT2D eigenvalue weighted by molar-refractivity contribution is -0.274. The van der Waals surface area contributed by atoms with Crippen molar-refractivity contribution in [2.24, 2.45) is 0 Å². The number of rotatable bonds is 4. The number of alkyl halides is 3. The molecule has 2 aromatic carbocycles. The summed E-state index contributed by atoms with van der Waals surface area (Å²) in [5.41, 5.74) is 0.153. The number of carbonyl (C=O) groups is 1. The van der Waals surface area contributed by atoms with E-state index in [0.717, 1.165) is 30.3 Å². The van der Waals surface area contributed by atoms with E-state index in [1.807, 2.05) is 0 Å². The van der Waals surface area contributed by atoms with E-state index in [-0.39, 0.29) is 11.1 Å². The summed E-state index contributed by atoms with van der Waals surface area (Å²) >= 11 is 0. The van der Waals surface area contributed by atoms with E-state index in [0.29, 0.717) is 6.07 Å². The molecule has 2 aromatic rings. The average Bonchev–Trinajstić information content (AvgIpc) is 2.45. The molecule has 0 aliphatic rings. The van der Waals surface area contributed by atoms with Crippen molar-refractivity contribution < 1.29 is 31.5 Å². The standard InChI is InChI=1S/C16H12F5NO2/c1-9(13-7-4-11(17)8-14(13)18)22-15(23)10-2-5-12(6-3-10)24-16(19,20)21/h2-9H,1H3,(H,22,23). The second kappa shape index (κ2) is 6.86. The maximum atomic E-state index is 13.6. The van der Waals surface area contributed by atoms with Crippen LogP contribution in [0.25, 0.3) is 0 Å². The first-order valence-corrected chi connectivity index (χ1v) is 6.77. The van der Waals surface area contributed by atoms with Crippen LogP contribution in [0.15, 0.2) is 42.5 Å². The minimum atomic E-state index is -4.82. The lowest BCUT2D eigenvalue weighted by Gasteiger charge is -2.15. The Morgan fingerprint density at radius 2 is 1.71 bits per heavy atom. The number of benzene rings is 2. The Morgan fingerprint density at radius 3 is 2.25 bits per heavy atom. The van der Waals surface area contributed by atoms with Crippen molar-refractivity contribution >= 4 is 5.91 Å². The predicted molar refractivity (Wildman–Crippen MR) is 75.4 cm³/mol. The van der Waals surface area contributed by atoms with Crippen LogP contribution in [0, 0.1) is 11.6 Å². The molecule has 0 heterocycles. The summed E-state index contributed by atoms with van der Waals surface area (Å²) in [5, 5.41) is 2.48. The summed E-state index contributed by atoms with van der Waals surface area (Å²) in [6.07, 6.45) is -4.82. The van der Waals surface area contributed by atoms with Gasteiger partial charge in [0.05, 0.1) is 6.04 Å². The first-order valence-electron chi connectivity index (χ1n) is 6.77. The van der Waals surface area contributed by atoms with Crippen LogP contribution in [-0.4, -0.2) is 12.3 Å². The van der Waals surface area contributed by atoms with Gasteiger partial charge in [0.15, 0.2) is 0 Å². The van der Waals surface area contributed by atoms with E-state index in [1.165, 1.54) is 13.0 Å². The number of nitrogens with one attached hydrogen (secondary N) is 1. The molecule has 128 valence electrons. The molecule has 0 saturated heterocycles. The Hall–Kier alpha value is -2.64. The zero-order chi connectivity index (χ0) is 17.9. The molecule has 0 radical (unpaired) electrons. The molecule has 8 heteroatoms. The molecular weight excluding hydrogens is 333 g/mol. The van der Waals surface area contributed by atoms with E-state index < -0.39 is 35.7 Å². The highest BCUT2D eigenvalue weighted by molar-refractivity contribution is 5.94. The van der Waals surface area contributed by atoms with Crippen LogP contribution in [0.4, 0.5) is 22.0 Å². The molecule has 0 aliphatic heterocycles. The third kappa shape index (κ3) is 4.68. The molecule has 0 fully saturated rings. The number of hydrogen-bond donors (Lipinski definition) is 1. The van der Waals surface area contributed by atoms with Gasteiger partial charge in [-0.1, -0.05) is 6.07 Å². The highest BCUT2D eigenvalue weighted by atomic mass is 19.4. The number of carbonyl (C=O) groups excluding carboxylic acids is 1. The van der Waals surface area contributed by atoms with E-state index in [4.69, 9.17) is 0 Å². The Labute approximate surface area is 134 Å². The van der Waals surface area contributed by atoms with Gasteiger partial charge in [0.1, 0.15) is 17.4 Å². The van der Waals surface area contributed by atoms with Crippen LogP contribution < -0.4 is 10.1 Å². The molecule has 0 bridgehead atoms. The van der Waals surface area contributed by atoms with Crippen molar-refractivity contribution in [2.75, 3.05) is 0 Å². The zero-order valence-electron chi connectivity index (χ0n) is 12.3. The Bertz CT molecular complexity index is 728. The fourth-order valence-corrected chi connectivity index (χ4v) is 2.02. The summed E-state index contributed by atoms with van der Waals surface area (Å²) in [5.74, 6) is -2.63. The Morgan fingerprint density at radius 1 is 1.08 bits per heavy atom. The second-order valence-electron chi connectivity index (χ2n) is 4.93. The van der Waals surface area contributed by atoms with Gasteiger partial charge in [0.2, 0.25) is 0 Å². The highest BCUT2D eigenvalue weighted by Gasteiger charge is 2.31. The van der Waals surface area contributed by atoms with E-state index in [1.54, 1.807) is 0 Å². The number of hydrogen-bond acceptors (Lipinski definition) is 2. The van der Waals surface area contributed by atoms with Gasteiger partial charge in [-0.3, -0.25) is 4.79 Å². The summed E-state index contributed by atoms with van der Waals surface area (Å²) in [6, 6.07) is 6.47. The third-order valence-corrected chi connectivity index (χ3v) is 3.13. The first kappa shape index (κ1) is 17.7.